The Hall–Kier alpha value is -5.12. The van der Waals surface area contributed by atoms with Crippen LogP contribution >= 0.6 is 0 Å². The molecule has 3 saturated heterocycles. The summed E-state index contributed by atoms with van der Waals surface area (Å²) >= 11 is 0. The number of aliphatic hydroxyl groups excluding tert-OH is 9. The fourth-order valence-electron chi connectivity index (χ4n) is 11.7. The first kappa shape index (κ1) is 73.6. The molecule has 3 fully saturated rings. The van der Waals surface area contributed by atoms with E-state index < -0.39 is 160 Å². The van der Waals surface area contributed by atoms with E-state index in [2.05, 4.69) is 15.5 Å². The van der Waals surface area contributed by atoms with Crippen molar-refractivity contribution >= 4 is 29.1 Å². The van der Waals surface area contributed by atoms with Crippen molar-refractivity contribution in [1.82, 2.24) is 10.2 Å². The Bertz CT molecular complexity index is 2500. The molecule has 0 aromatic heterocycles. The Morgan fingerprint density at radius 3 is 1.93 bits per heavy atom. The van der Waals surface area contributed by atoms with Crippen molar-refractivity contribution in [2.75, 3.05) is 38.5 Å². The molecule has 492 valence electrons. The van der Waals surface area contributed by atoms with E-state index >= 15 is 0 Å². The summed E-state index contributed by atoms with van der Waals surface area (Å²) in [7, 11) is 1.77. The van der Waals surface area contributed by atoms with Gasteiger partial charge in [-0.05, 0) is 95.1 Å². The Labute approximate surface area is 518 Å². The summed E-state index contributed by atoms with van der Waals surface area (Å²) in [5.74, 6) is -6.39. The number of likely N-dealkylation sites (tertiary alicyclic amines) is 1. The number of ether oxygens (including phenoxy) is 4. The molecule has 19 atom stereocenters. The highest BCUT2D eigenvalue weighted by molar-refractivity contribution is 5.96. The quantitative estimate of drug-likeness (QED) is 0.0939. The molecule has 5 rings (SSSR count). The number of carbonyl (C=O) groups is 4. The van der Waals surface area contributed by atoms with Crippen molar-refractivity contribution < 1.29 is 89.2 Å². The summed E-state index contributed by atoms with van der Waals surface area (Å²) in [6.07, 6.45) is 6.78. The number of nitrogens with one attached hydrogen (secondary N) is 2. The highest BCUT2D eigenvalue weighted by Gasteiger charge is 2.51. The minimum absolute atomic E-state index is 0.101. The Morgan fingerprint density at radius 1 is 0.727 bits per heavy atom. The molecule has 1 aromatic rings. The lowest BCUT2D eigenvalue weighted by Gasteiger charge is -2.46. The second-order valence-electron chi connectivity index (χ2n) is 24.3. The monoisotopic (exact) mass is 1240 g/mol. The van der Waals surface area contributed by atoms with Crippen molar-refractivity contribution in [1.29, 1.82) is 0 Å². The van der Waals surface area contributed by atoms with Gasteiger partial charge in [0.15, 0.2) is 17.9 Å². The number of cyclic esters (lactones) is 1. The summed E-state index contributed by atoms with van der Waals surface area (Å²) in [5, 5.41) is 117. The molecule has 4 aliphatic heterocycles. The van der Waals surface area contributed by atoms with E-state index in [-0.39, 0.29) is 56.3 Å². The molecule has 0 saturated carbocycles. The van der Waals surface area contributed by atoms with Crippen molar-refractivity contribution in [3.05, 3.63) is 115 Å². The maximum atomic E-state index is 14.1. The molecule has 22 heteroatoms. The first-order chi connectivity index (χ1) is 41.9. The van der Waals surface area contributed by atoms with Crippen LogP contribution < -0.4 is 16.4 Å². The van der Waals surface area contributed by atoms with Crippen LogP contribution in [0.15, 0.2) is 109 Å². The lowest BCUT2D eigenvalue weighted by molar-refractivity contribution is -0.307. The zero-order valence-electron chi connectivity index (χ0n) is 51.5. The minimum Gasteiger partial charge on any atom is -0.461 e. The Morgan fingerprint density at radius 2 is 1.31 bits per heavy atom. The van der Waals surface area contributed by atoms with E-state index in [1.165, 1.54) is 0 Å². The standard InChI is InChI=1S/C66H100N4O18/c1-42-20-16-13-11-9-7-5-6-8-10-12-14-17-21-54(86-65-62(82)60(67)61(81)44(3)85-65)39-57-59(64(83)69-28-31-70-29-18-15-19-30-70)56(79)41-66(84,88-57)40-53(77)36-51(75)34-49(73)32-48(72)33-50(74)35-52(76)38-58(80)87-63(42)43(2)22-27-47(71)37-55(78)45-23-25-46(68-4)26-24-45/h5-14,16-17,20-21,23-26,42-44,47-49,51-54,56-57,59-63,65,68,71-73,75-77,79,81-82,84H,15,18-19,22,27-41,67H2,1-4H3,(H,69,83)/b6-5+,9-7+,10-8+,13-11+,14-12+,20-16+,21-17+/t42?,43?,44-,47?,48?,49?,51?,52?,53?,54?,56?,57?,59?,60+,61-,62+,63?,65+,66?/m1/s1. The van der Waals surface area contributed by atoms with E-state index in [4.69, 9.17) is 24.7 Å². The average molecular weight is 1240 g/mol. The number of nitrogens with two attached hydrogens (primary N) is 1. The molecule has 0 spiro atoms. The summed E-state index contributed by atoms with van der Waals surface area (Å²) in [5.41, 5.74) is 7.48. The second kappa shape index (κ2) is 37.9. The first-order valence-corrected chi connectivity index (χ1v) is 31.2. The lowest BCUT2D eigenvalue weighted by atomic mass is 9.82. The molecule has 14 unspecified atom stereocenters. The fraction of sp³-hybridized carbons (Fsp3) is 0.636. The molecule has 0 radical (unpaired) electrons. The number of hydrogen-bond donors (Lipinski definition) is 13. The van der Waals surface area contributed by atoms with Crippen molar-refractivity contribution in [2.45, 2.75) is 215 Å². The molecule has 4 aliphatic rings. The molecule has 88 heavy (non-hydrogen) atoms. The predicted molar refractivity (Wildman–Crippen MR) is 331 cm³/mol. The third kappa shape index (κ3) is 25.6. The minimum atomic E-state index is -2.27. The van der Waals surface area contributed by atoms with Crippen molar-refractivity contribution in [3.63, 3.8) is 0 Å². The van der Waals surface area contributed by atoms with E-state index in [1.54, 1.807) is 99.0 Å². The number of fused-ring (bicyclic) bond motifs is 2. The van der Waals surface area contributed by atoms with Gasteiger partial charge in [0.1, 0.15) is 18.0 Å². The van der Waals surface area contributed by atoms with Gasteiger partial charge in [0, 0.05) is 75.8 Å². The van der Waals surface area contributed by atoms with Crippen LogP contribution in [0, 0.1) is 17.8 Å². The van der Waals surface area contributed by atoms with Gasteiger partial charge >= 0.3 is 5.97 Å². The maximum absolute atomic E-state index is 14.1. The highest BCUT2D eigenvalue weighted by Crippen LogP contribution is 2.38. The first-order valence-electron chi connectivity index (χ1n) is 31.2. The van der Waals surface area contributed by atoms with Crippen LogP contribution in [0.3, 0.4) is 0 Å². The second-order valence-corrected chi connectivity index (χ2v) is 24.3. The number of hydrogen-bond acceptors (Lipinski definition) is 21. The SMILES string of the molecule is CNc1ccc(C(=O)CC(O)CCC(C)C2OC(=O)CC(O)CC(=O)CC(O)CC(O)CC(O)CC(O)CC3(O)CC(O)C(C(=O)NCCN4CCCCC4)C(CC(O[C@@H]4O[C@H](C)[C@@H](O)[C@H](N)[C@@H]4O)/C=C/C=C/C=C/C=C/C=C/C=C/C=C/C2C)O3)cc1. The number of aliphatic hydroxyl groups is 10. The molecule has 1 aromatic carbocycles. The number of carbonyl (C=O) groups excluding carboxylic acids is 4. The molecular weight excluding hydrogens is 1140 g/mol. The molecule has 4 heterocycles. The number of nitrogens with zero attached hydrogens (tertiary/aromatic N) is 1. The predicted octanol–water partition coefficient (Wildman–Crippen LogP) is 3.26. The van der Waals surface area contributed by atoms with E-state index in [9.17, 15) is 70.2 Å². The molecule has 2 bridgehead atoms. The number of esters is 1. The molecule has 0 aliphatic carbocycles. The number of piperidine rings is 1. The third-order valence-electron chi connectivity index (χ3n) is 16.6. The van der Waals surface area contributed by atoms with Gasteiger partial charge in [0.05, 0.1) is 85.5 Å². The van der Waals surface area contributed by atoms with Crippen LogP contribution in [-0.2, 0) is 33.3 Å². The normalized spacial score (nSPS) is 36.9. The number of amides is 1. The fourth-order valence-corrected chi connectivity index (χ4v) is 11.7. The van der Waals surface area contributed by atoms with Gasteiger partial charge < -0.3 is 91.3 Å². The van der Waals surface area contributed by atoms with Gasteiger partial charge in [-0.3, -0.25) is 19.2 Å². The van der Waals surface area contributed by atoms with Crippen LogP contribution in [0.4, 0.5) is 5.69 Å². The lowest BCUT2D eigenvalue weighted by Crippen LogP contribution is -2.62. The maximum Gasteiger partial charge on any atom is 0.308 e. The van der Waals surface area contributed by atoms with E-state index in [0.717, 1.165) is 38.0 Å². The van der Waals surface area contributed by atoms with Crippen LogP contribution in [0.5, 0.6) is 0 Å². The van der Waals surface area contributed by atoms with Crippen LogP contribution in [0.1, 0.15) is 127 Å². The van der Waals surface area contributed by atoms with Gasteiger partial charge in [-0.1, -0.05) is 105 Å². The van der Waals surface area contributed by atoms with Crippen LogP contribution in [-0.4, -0.2) is 210 Å². The zero-order valence-corrected chi connectivity index (χ0v) is 51.5. The molecular formula is C66H100N4O18. The Kier molecular flexibility index (Phi) is 31.7. The van der Waals surface area contributed by atoms with Crippen LogP contribution in [0.2, 0.25) is 0 Å². The van der Waals surface area contributed by atoms with E-state index in [0.29, 0.717) is 18.5 Å². The molecule has 22 nitrogen and oxygen atoms in total. The summed E-state index contributed by atoms with van der Waals surface area (Å²) in [6, 6.07) is 5.79. The smallest absolute Gasteiger partial charge is 0.308 e. The van der Waals surface area contributed by atoms with Crippen molar-refractivity contribution in [2.24, 2.45) is 23.5 Å². The Balaban J connectivity index is 1.35. The number of Topliss-reactive ketones (excluding diaryl/α,β-unsaturated/α-hetero) is 2. The number of ketones is 2. The van der Waals surface area contributed by atoms with Gasteiger partial charge in [0.25, 0.3) is 0 Å². The summed E-state index contributed by atoms with van der Waals surface area (Å²) in [6.45, 7) is 7.91. The summed E-state index contributed by atoms with van der Waals surface area (Å²) in [4.78, 5) is 55.8. The van der Waals surface area contributed by atoms with E-state index in [1.807, 2.05) is 38.2 Å². The zero-order chi connectivity index (χ0) is 64.3. The summed E-state index contributed by atoms with van der Waals surface area (Å²) < 4.78 is 24.4. The van der Waals surface area contributed by atoms with Gasteiger partial charge in [-0.2, -0.15) is 0 Å². The number of rotatable bonds is 14. The molecule has 14 N–H and O–H groups in total. The van der Waals surface area contributed by atoms with Gasteiger partial charge in [-0.25, -0.2) is 0 Å². The van der Waals surface area contributed by atoms with Crippen LogP contribution in [0.25, 0.3) is 0 Å². The third-order valence-corrected chi connectivity index (χ3v) is 16.6. The number of anilines is 1. The number of benzene rings is 1. The van der Waals surface area contributed by atoms with Gasteiger partial charge in [0.2, 0.25) is 5.91 Å². The average Bonchev–Trinajstić information content (AvgIpc) is 0.946. The molecule has 1 amide bonds. The topological polar surface area (TPSA) is 361 Å². The highest BCUT2D eigenvalue weighted by atomic mass is 16.7. The van der Waals surface area contributed by atoms with Gasteiger partial charge in [-0.15, -0.1) is 0 Å². The largest absolute Gasteiger partial charge is 0.461 e. The number of allylic oxidation sites excluding steroid dienone is 12. The van der Waals surface area contributed by atoms with Crippen molar-refractivity contribution in [3.8, 4) is 0 Å².